The highest BCUT2D eigenvalue weighted by molar-refractivity contribution is 5.80. The predicted octanol–water partition coefficient (Wildman–Crippen LogP) is 1.09. The predicted molar refractivity (Wildman–Crippen MR) is 79.8 cm³/mol. The molecule has 1 aromatic heterocycles. The van der Waals surface area contributed by atoms with Gasteiger partial charge in [-0.1, -0.05) is 6.92 Å². The number of nitrogens with zero attached hydrogens (tertiary/aromatic N) is 3. The lowest BCUT2D eigenvalue weighted by atomic mass is 10.2. The Labute approximate surface area is 120 Å². The van der Waals surface area contributed by atoms with E-state index in [1.807, 2.05) is 18.3 Å². The molecule has 1 saturated carbocycles. The van der Waals surface area contributed by atoms with Gasteiger partial charge < -0.3 is 10.2 Å². The van der Waals surface area contributed by atoms with E-state index in [0.717, 1.165) is 17.2 Å². The van der Waals surface area contributed by atoms with Crippen molar-refractivity contribution in [1.29, 1.82) is 0 Å². The third-order valence-corrected chi connectivity index (χ3v) is 3.40. The van der Waals surface area contributed by atoms with Crippen LogP contribution in [0.5, 0.6) is 0 Å². The minimum absolute atomic E-state index is 0.0606. The summed E-state index contributed by atoms with van der Waals surface area (Å²) < 4.78 is 0. The minimum Gasteiger partial charge on any atom is -0.348 e. The zero-order valence-corrected chi connectivity index (χ0v) is 12.3. The second-order valence-electron chi connectivity index (χ2n) is 5.53. The Morgan fingerprint density at radius 1 is 1.60 bits per heavy atom. The monoisotopic (exact) mass is 274 g/mol. The summed E-state index contributed by atoms with van der Waals surface area (Å²) in [6.07, 6.45) is 4.90. The van der Waals surface area contributed by atoms with Crippen molar-refractivity contribution in [3.63, 3.8) is 0 Å². The summed E-state index contributed by atoms with van der Waals surface area (Å²) >= 11 is 0. The van der Waals surface area contributed by atoms with E-state index in [0.29, 0.717) is 19.1 Å². The Balaban J connectivity index is 1.83. The van der Waals surface area contributed by atoms with Gasteiger partial charge in [0.15, 0.2) is 0 Å². The number of carbonyl (C=O) groups excluding carboxylic acids is 1. The van der Waals surface area contributed by atoms with E-state index in [2.05, 4.69) is 22.2 Å². The molecule has 0 aromatic carbocycles. The summed E-state index contributed by atoms with van der Waals surface area (Å²) in [5.41, 5.74) is 1.99. The normalized spacial score (nSPS) is 21.1. The van der Waals surface area contributed by atoms with E-state index in [9.17, 15) is 4.79 Å². The number of nitrogens with one attached hydrogen (secondary N) is 1. The Morgan fingerprint density at radius 2 is 2.35 bits per heavy atom. The highest BCUT2D eigenvalue weighted by Crippen LogP contribution is 2.32. The summed E-state index contributed by atoms with van der Waals surface area (Å²) in [6, 6.07) is 4.46. The number of hydrogen-bond acceptors (Lipinski definition) is 4. The maximum absolute atomic E-state index is 11.4. The molecule has 108 valence electrons. The van der Waals surface area contributed by atoms with E-state index in [-0.39, 0.29) is 5.91 Å². The van der Waals surface area contributed by atoms with Gasteiger partial charge in [-0.2, -0.15) is 0 Å². The molecule has 2 unspecified atom stereocenters. The van der Waals surface area contributed by atoms with Crippen LogP contribution in [-0.4, -0.2) is 48.7 Å². The molecule has 0 spiro atoms. The molecule has 0 bridgehead atoms. The standard InChI is InChI=1S/C15H22N4O/c1-11-6-14(11)18-8-12-4-5-17-13(7-12)9-16-10-15(20)19(2)3/h4-5,7-8,11,14,16H,6,9-10H2,1-3H3. The molecule has 0 aliphatic heterocycles. The van der Waals surface area contributed by atoms with Crippen LogP contribution in [0.15, 0.2) is 23.3 Å². The van der Waals surface area contributed by atoms with Crippen LogP contribution in [0.4, 0.5) is 0 Å². The Kier molecular flexibility index (Phi) is 4.84. The van der Waals surface area contributed by atoms with E-state index >= 15 is 0 Å². The summed E-state index contributed by atoms with van der Waals surface area (Å²) in [5.74, 6) is 0.789. The van der Waals surface area contributed by atoms with Crippen molar-refractivity contribution in [3.05, 3.63) is 29.6 Å². The van der Waals surface area contributed by atoms with Crippen LogP contribution in [0.25, 0.3) is 0 Å². The van der Waals surface area contributed by atoms with Crippen molar-refractivity contribution in [2.45, 2.75) is 25.9 Å². The van der Waals surface area contributed by atoms with Gasteiger partial charge in [-0.15, -0.1) is 0 Å². The third-order valence-electron chi connectivity index (χ3n) is 3.40. The van der Waals surface area contributed by atoms with Crippen molar-refractivity contribution in [2.24, 2.45) is 10.9 Å². The SMILES string of the molecule is CC1CC1N=Cc1ccnc(CNCC(=O)N(C)C)c1. The molecule has 5 nitrogen and oxygen atoms in total. The first-order chi connectivity index (χ1) is 9.56. The topological polar surface area (TPSA) is 57.6 Å². The van der Waals surface area contributed by atoms with Gasteiger partial charge in [0.05, 0.1) is 18.3 Å². The second kappa shape index (κ2) is 6.61. The maximum Gasteiger partial charge on any atom is 0.236 e. The summed E-state index contributed by atoms with van der Waals surface area (Å²) in [4.78, 5) is 21.8. The molecule has 1 aliphatic carbocycles. The van der Waals surface area contributed by atoms with Gasteiger partial charge in [-0.05, 0) is 30.0 Å². The van der Waals surface area contributed by atoms with Crippen LogP contribution in [0.1, 0.15) is 24.6 Å². The van der Waals surface area contributed by atoms with Crippen LogP contribution < -0.4 is 5.32 Å². The number of likely N-dealkylation sites (N-methyl/N-ethyl adjacent to an activating group) is 1. The van der Waals surface area contributed by atoms with Crippen molar-refractivity contribution in [2.75, 3.05) is 20.6 Å². The van der Waals surface area contributed by atoms with Gasteiger partial charge in [0.1, 0.15) is 0 Å². The number of amides is 1. The molecule has 0 saturated heterocycles. The molecular formula is C15H22N4O. The van der Waals surface area contributed by atoms with E-state index in [4.69, 9.17) is 0 Å². The lowest BCUT2D eigenvalue weighted by Crippen LogP contribution is -2.32. The largest absolute Gasteiger partial charge is 0.348 e. The van der Waals surface area contributed by atoms with Gasteiger partial charge in [0, 0.05) is 33.1 Å². The molecule has 1 amide bonds. The van der Waals surface area contributed by atoms with Crippen LogP contribution in [0.2, 0.25) is 0 Å². The van der Waals surface area contributed by atoms with Crippen LogP contribution in [-0.2, 0) is 11.3 Å². The van der Waals surface area contributed by atoms with E-state index in [1.165, 1.54) is 6.42 Å². The first kappa shape index (κ1) is 14.7. The molecule has 1 aliphatic rings. The Hall–Kier alpha value is -1.75. The molecular weight excluding hydrogens is 252 g/mol. The average molecular weight is 274 g/mol. The van der Waals surface area contributed by atoms with Crippen molar-refractivity contribution in [1.82, 2.24) is 15.2 Å². The number of aromatic nitrogens is 1. The molecule has 1 fully saturated rings. The van der Waals surface area contributed by atoms with E-state index < -0.39 is 0 Å². The number of pyridine rings is 1. The molecule has 1 N–H and O–H groups in total. The van der Waals surface area contributed by atoms with Crippen molar-refractivity contribution in [3.8, 4) is 0 Å². The van der Waals surface area contributed by atoms with Gasteiger partial charge in [-0.3, -0.25) is 14.8 Å². The average Bonchev–Trinajstić information content (AvgIpc) is 3.13. The lowest BCUT2D eigenvalue weighted by molar-refractivity contribution is -0.127. The van der Waals surface area contributed by atoms with Crippen molar-refractivity contribution >= 4 is 12.1 Å². The second-order valence-corrected chi connectivity index (χ2v) is 5.53. The quantitative estimate of drug-likeness (QED) is 0.790. The molecule has 1 heterocycles. The molecule has 1 aromatic rings. The Bertz CT molecular complexity index is 498. The van der Waals surface area contributed by atoms with Gasteiger partial charge in [-0.25, -0.2) is 0 Å². The van der Waals surface area contributed by atoms with Crippen LogP contribution in [0, 0.1) is 5.92 Å². The van der Waals surface area contributed by atoms with E-state index in [1.54, 1.807) is 25.2 Å². The summed E-state index contributed by atoms with van der Waals surface area (Å²) in [5, 5.41) is 3.10. The summed E-state index contributed by atoms with van der Waals surface area (Å²) in [7, 11) is 3.50. The first-order valence-corrected chi connectivity index (χ1v) is 6.95. The third kappa shape index (κ3) is 4.42. The number of aliphatic imine (C=N–C) groups is 1. The Morgan fingerprint density at radius 3 is 3.00 bits per heavy atom. The molecule has 2 atom stereocenters. The highest BCUT2D eigenvalue weighted by atomic mass is 16.2. The molecule has 5 heteroatoms. The van der Waals surface area contributed by atoms with Crippen molar-refractivity contribution < 1.29 is 4.79 Å². The number of hydrogen-bond donors (Lipinski definition) is 1. The van der Waals surface area contributed by atoms with Crippen LogP contribution >= 0.6 is 0 Å². The lowest BCUT2D eigenvalue weighted by Gasteiger charge is -2.10. The zero-order chi connectivity index (χ0) is 14.5. The smallest absolute Gasteiger partial charge is 0.236 e. The minimum atomic E-state index is 0.0606. The highest BCUT2D eigenvalue weighted by Gasteiger charge is 2.31. The molecule has 20 heavy (non-hydrogen) atoms. The molecule has 2 rings (SSSR count). The fraction of sp³-hybridized carbons (Fsp3) is 0.533. The van der Waals surface area contributed by atoms with Crippen LogP contribution in [0.3, 0.4) is 0 Å². The number of rotatable bonds is 6. The zero-order valence-electron chi connectivity index (χ0n) is 12.3. The fourth-order valence-corrected chi connectivity index (χ4v) is 1.82. The van der Waals surface area contributed by atoms with Gasteiger partial charge in [0.25, 0.3) is 0 Å². The van der Waals surface area contributed by atoms with Gasteiger partial charge >= 0.3 is 0 Å². The maximum atomic E-state index is 11.4. The number of carbonyl (C=O) groups is 1. The van der Waals surface area contributed by atoms with Gasteiger partial charge in [0.2, 0.25) is 5.91 Å². The molecule has 0 radical (unpaired) electrons. The fourth-order valence-electron chi connectivity index (χ4n) is 1.82. The first-order valence-electron chi connectivity index (χ1n) is 6.95. The summed E-state index contributed by atoms with van der Waals surface area (Å²) in [6.45, 7) is 3.12.